The van der Waals surface area contributed by atoms with Gasteiger partial charge in [-0.25, -0.2) is 9.97 Å². The zero-order valence-electron chi connectivity index (χ0n) is 12.1. The molecule has 1 aliphatic rings. The Hall–Kier alpha value is -1.12. The van der Waals surface area contributed by atoms with Crippen LogP contribution in [0.1, 0.15) is 51.8 Å². The number of anilines is 1. The Morgan fingerprint density at radius 3 is 2.67 bits per heavy atom. The molecule has 18 heavy (non-hydrogen) atoms. The Bertz CT molecular complexity index is 410. The van der Waals surface area contributed by atoms with E-state index in [0.29, 0.717) is 5.92 Å². The van der Waals surface area contributed by atoms with Crippen LogP contribution in [0.15, 0.2) is 6.33 Å². The summed E-state index contributed by atoms with van der Waals surface area (Å²) in [5, 5.41) is 3.54. The van der Waals surface area contributed by atoms with Crippen LogP contribution in [0.2, 0.25) is 0 Å². The molecule has 3 heteroatoms. The summed E-state index contributed by atoms with van der Waals surface area (Å²) in [6.07, 6.45) is 6.47. The molecule has 1 aliphatic carbocycles. The Morgan fingerprint density at radius 1 is 1.22 bits per heavy atom. The lowest BCUT2D eigenvalue weighted by atomic mass is 9.81. The van der Waals surface area contributed by atoms with Gasteiger partial charge in [0.05, 0.1) is 0 Å². The number of hydrogen-bond donors (Lipinski definition) is 1. The molecule has 0 bridgehead atoms. The SMILES string of the molecule is CC(C)C(C)(C)CNc1ncnc2c1CCCC2. The highest BCUT2D eigenvalue weighted by Crippen LogP contribution is 2.28. The van der Waals surface area contributed by atoms with Crippen LogP contribution in [0, 0.1) is 11.3 Å². The maximum atomic E-state index is 4.43. The summed E-state index contributed by atoms with van der Waals surface area (Å²) in [6.45, 7) is 10.1. The predicted octanol–water partition coefficient (Wildman–Crippen LogP) is 3.45. The van der Waals surface area contributed by atoms with Crippen LogP contribution in [-0.2, 0) is 12.8 Å². The maximum Gasteiger partial charge on any atom is 0.132 e. The minimum atomic E-state index is 0.284. The van der Waals surface area contributed by atoms with Gasteiger partial charge in [-0.15, -0.1) is 0 Å². The molecule has 1 heterocycles. The van der Waals surface area contributed by atoms with Crippen molar-refractivity contribution in [3.8, 4) is 0 Å². The molecule has 0 aliphatic heterocycles. The van der Waals surface area contributed by atoms with Gasteiger partial charge in [-0.2, -0.15) is 0 Å². The lowest BCUT2D eigenvalue weighted by Crippen LogP contribution is -2.29. The van der Waals surface area contributed by atoms with E-state index in [9.17, 15) is 0 Å². The zero-order chi connectivity index (χ0) is 13.2. The minimum absolute atomic E-state index is 0.284. The summed E-state index contributed by atoms with van der Waals surface area (Å²) >= 11 is 0. The first-order valence-electron chi connectivity index (χ1n) is 7.07. The highest BCUT2D eigenvalue weighted by atomic mass is 15.0. The van der Waals surface area contributed by atoms with Gasteiger partial charge in [0.2, 0.25) is 0 Å². The van der Waals surface area contributed by atoms with Gasteiger partial charge in [0.25, 0.3) is 0 Å². The lowest BCUT2D eigenvalue weighted by molar-refractivity contribution is 0.269. The standard InChI is InChI=1S/C15H25N3/c1-11(2)15(3,4)9-16-14-12-7-5-6-8-13(12)17-10-18-14/h10-11H,5-9H2,1-4H3,(H,16,17,18). The predicted molar refractivity (Wildman–Crippen MR) is 75.8 cm³/mol. The highest BCUT2D eigenvalue weighted by Gasteiger charge is 2.23. The monoisotopic (exact) mass is 247 g/mol. The van der Waals surface area contributed by atoms with Crippen molar-refractivity contribution in [2.75, 3.05) is 11.9 Å². The minimum Gasteiger partial charge on any atom is -0.369 e. The second-order valence-electron chi connectivity index (χ2n) is 6.35. The first-order chi connectivity index (χ1) is 8.50. The van der Waals surface area contributed by atoms with Crippen LogP contribution in [0.4, 0.5) is 5.82 Å². The van der Waals surface area contributed by atoms with Crippen LogP contribution in [-0.4, -0.2) is 16.5 Å². The second kappa shape index (κ2) is 5.25. The van der Waals surface area contributed by atoms with Crippen molar-refractivity contribution in [3.63, 3.8) is 0 Å². The summed E-state index contributed by atoms with van der Waals surface area (Å²) in [4.78, 5) is 8.84. The van der Waals surface area contributed by atoms with Gasteiger partial charge in [0, 0.05) is 17.8 Å². The Morgan fingerprint density at radius 2 is 1.94 bits per heavy atom. The second-order valence-corrected chi connectivity index (χ2v) is 6.35. The van der Waals surface area contributed by atoms with E-state index in [2.05, 4.69) is 43.0 Å². The molecule has 1 aromatic rings. The van der Waals surface area contributed by atoms with Crippen molar-refractivity contribution in [3.05, 3.63) is 17.6 Å². The molecule has 3 nitrogen and oxygen atoms in total. The Kier molecular flexibility index (Phi) is 3.88. The average Bonchev–Trinajstić information content (AvgIpc) is 2.36. The lowest BCUT2D eigenvalue weighted by Gasteiger charge is -2.30. The molecule has 0 spiro atoms. The van der Waals surface area contributed by atoms with Crippen LogP contribution in [0.3, 0.4) is 0 Å². The third-order valence-electron chi connectivity index (χ3n) is 4.40. The third kappa shape index (κ3) is 2.82. The van der Waals surface area contributed by atoms with Crippen LogP contribution in [0.25, 0.3) is 0 Å². The van der Waals surface area contributed by atoms with E-state index in [1.54, 1.807) is 6.33 Å². The molecule has 0 radical (unpaired) electrons. The normalized spacial score (nSPS) is 15.6. The molecule has 2 rings (SSSR count). The van der Waals surface area contributed by atoms with Gasteiger partial charge in [-0.3, -0.25) is 0 Å². The van der Waals surface area contributed by atoms with Gasteiger partial charge in [-0.1, -0.05) is 27.7 Å². The van der Waals surface area contributed by atoms with Gasteiger partial charge in [-0.05, 0) is 37.0 Å². The molecular weight excluding hydrogens is 222 g/mol. The summed E-state index contributed by atoms with van der Waals surface area (Å²) in [5.41, 5.74) is 2.89. The molecule has 100 valence electrons. The van der Waals surface area contributed by atoms with E-state index in [0.717, 1.165) is 25.2 Å². The Labute approximate surface area is 110 Å². The number of rotatable bonds is 4. The fourth-order valence-corrected chi connectivity index (χ4v) is 2.19. The van der Waals surface area contributed by atoms with Crippen LogP contribution >= 0.6 is 0 Å². The molecule has 0 fully saturated rings. The van der Waals surface area contributed by atoms with E-state index in [1.165, 1.54) is 24.1 Å². The number of fused-ring (bicyclic) bond motifs is 1. The molecule has 0 saturated carbocycles. The number of aromatic nitrogens is 2. The molecule has 0 aromatic carbocycles. The van der Waals surface area contributed by atoms with Gasteiger partial charge >= 0.3 is 0 Å². The van der Waals surface area contributed by atoms with E-state index < -0.39 is 0 Å². The van der Waals surface area contributed by atoms with Gasteiger partial charge < -0.3 is 5.32 Å². The number of aryl methyl sites for hydroxylation is 1. The van der Waals surface area contributed by atoms with E-state index in [1.807, 2.05) is 0 Å². The zero-order valence-corrected chi connectivity index (χ0v) is 12.1. The summed E-state index contributed by atoms with van der Waals surface area (Å²) in [6, 6.07) is 0. The molecule has 0 amide bonds. The van der Waals surface area contributed by atoms with Crippen molar-refractivity contribution in [2.24, 2.45) is 11.3 Å². The molecule has 0 unspecified atom stereocenters. The molecule has 1 N–H and O–H groups in total. The average molecular weight is 247 g/mol. The number of nitrogens with zero attached hydrogens (tertiary/aromatic N) is 2. The largest absolute Gasteiger partial charge is 0.369 e. The highest BCUT2D eigenvalue weighted by molar-refractivity contribution is 5.47. The van der Waals surface area contributed by atoms with Crippen molar-refractivity contribution in [1.82, 2.24) is 9.97 Å². The first-order valence-corrected chi connectivity index (χ1v) is 7.07. The Balaban J connectivity index is 2.10. The summed E-state index contributed by atoms with van der Waals surface area (Å²) in [5.74, 6) is 1.72. The van der Waals surface area contributed by atoms with Crippen molar-refractivity contribution < 1.29 is 0 Å². The molecule has 0 saturated heterocycles. The molecule has 0 atom stereocenters. The van der Waals surface area contributed by atoms with Crippen molar-refractivity contribution >= 4 is 5.82 Å². The van der Waals surface area contributed by atoms with Gasteiger partial charge in [0.15, 0.2) is 0 Å². The van der Waals surface area contributed by atoms with Crippen LogP contribution < -0.4 is 5.32 Å². The van der Waals surface area contributed by atoms with Crippen molar-refractivity contribution in [2.45, 2.75) is 53.4 Å². The summed E-state index contributed by atoms with van der Waals surface area (Å²) in [7, 11) is 0. The summed E-state index contributed by atoms with van der Waals surface area (Å²) < 4.78 is 0. The van der Waals surface area contributed by atoms with Crippen molar-refractivity contribution in [1.29, 1.82) is 0 Å². The molecular formula is C15H25N3. The third-order valence-corrected chi connectivity index (χ3v) is 4.40. The number of hydrogen-bond acceptors (Lipinski definition) is 3. The van der Waals surface area contributed by atoms with Gasteiger partial charge in [0.1, 0.15) is 12.1 Å². The fourth-order valence-electron chi connectivity index (χ4n) is 2.19. The maximum absolute atomic E-state index is 4.43. The van der Waals surface area contributed by atoms with E-state index >= 15 is 0 Å². The number of nitrogens with one attached hydrogen (secondary N) is 1. The van der Waals surface area contributed by atoms with E-state index in [4.69, 9.17) is 0 Å². The van der Waals surface area contributed by atoms with E-state index in [-0.39, 0.29) is 5.41 Å². The van der Waals surface area contributed by atoms with Crippen LogP contribution in [0.5, 0.6) is 0 Å². The fraction of sp³-hybridized carbons (Fsp3) is 0.733. The topological polar surface area (TPSA) is 37.8 Å². The molecule has 1 aromatic heterocycles. The smallest absolute Gasteiger partial charge is 0.132 e. The first kappa shape index (κ1) is 13.3. The quantitative estimate of drug-likeness (QED) is 0.885.